The Morgan fingerprint density at radius 1 is 0.926 bits per heavy atom. The molecule has 0 aliphatic heterocycles. The Hall–Kier alpha value is -3.53. The number of benzene rings is 3. The first-order chi connectivity index (χ1) is 13.2. The van der Waals surface area contributed by atoms with Crippen molar-refractivity contribution in [2.24, 2.45) is 0 Å². The molecule has 0 aliphatic carbocycles. The summed E-state index contributed by atoms with van der Waals surface area (Å²) in [6.07, 6.45) is 0. The molecule has 1 aromatic heterocycles. The van der Waals surface area contributed by atoms with Crippen LogP contribution >= 0.6 is 0 Å². The number of nitrogens with one attached hydrogen (secondary N) is 1. The lowest BCUT2D eigenvalue weighted by atomic mass is 10.1. The lowest BCUT2D eigenvalue weighted by molar-refractivity contribution is 0.0995. The van der Waals surface area contributed by atoms with E-state index in [4.69, 9.17) is 9.15 Å². The van der Waals surface area contributed by atoms with Crippen molar-refractivity contribution >= 4 is 22.6 Å². The molecule has 1 amide bonds. The summed E-state index contributed by atoms with van der Waals surface area (Å²) in [5.41, 5.74) is 3.15. The molecular weight excluding hydrogens is 338 g/mol. The van der Waals surface area contributed by atoms with Crippen molar-refractivity contribution < 1.29 is 13.9 Å². The fourth-order valence-electron chi connectivity index (χ4n) is 2.99. The standard InChI is InChI=1S/C23H19NO3/c1-16-9-5-7-13-20(16)24-23(25)22-19(15-26-17-10-3-2-4-11-17)18-12-6-8-14-21(18)27-22/h2-14H,15H2,1H3,(H,24,25). The van der Waals surface area contributed by atoms with Gasteiger partial charge in [0.1, 0.15) is 17.9 Å². The van der Waals surface area contributed by atoms with E-state index in [0.717, 1.165) is 28.0 Å². The van der Waals surface area contributed by atoms with Crippen molar-refractivity contribution in [2.75, 3.05) is 5.32 Å². The maximum atomic E-state index is 12.9. The predicted molar refractivity (Wildman–Crippen MR) is 106 cm³/mol. The van der Waals surface area contributed by atoms with Gasteiger partial charge in [0.05, 0.1) is 0 Å². The summed E-state index contributed by atoms with van der Waals surface area (Å²) in [6.45, 7) is 2.20. The van der Waals surface area contributed by atoms with Crippen molar-refractivity contribution in [3.05, 3.63) is 95.7 Å². The number of amides is 1. The Morgan fingerprint density at radius 3 is 2.44 bits per heavy atom. The van der Waals surface area contributed by atoms with Gasteiger partial charge in [0.15, 0.2) is 5.76 Å². The molecule has 0 saturated heterocycles. The summed E-state index contributed by atoms with van der Waals surface area (Å²) in [7, 11) is 0. The number of rotatable bonds is 5. The number of para-hydroxylation sites is 3. The first kappa shape index (κ1) is 16.9. The topological polar surface area (TPSA) is 51.5 Å². The monoisotopic (exact) mass is 357 g/mol. The Bertz CT molecular complexity index is 1080. The average molecular weight is 357 g/mol. The van der Waals surface area contributed by atoms with E-state index in [2.05, 4.69) is 5.32 Å². The van der Waals surface area contributed by atoms with Crippen LogP contribution in [0.25, 0.3) is 11.0 Å². The van der Waals surface area contributed by atoms with Crippen molar-refractivity contribution in [2.45, 2.75) is 13.5 Å². The van der Waals surface area contributed by atoms with E-state index in [0.29, 0.717) is 5.58 Å². The largest absolute Gasteiger partial charge is 0.489 e. The Morgan fingerprint density at radius 2 is 1.63 bits per heavy atom. The van der Waals surface area contributed by atoms with Gasteiger partial charge in [-0.1, -0.05) is 54.6 Å². The van der Waals surface area contributed by atoms with Gasteiger partial charge in [0.2, 0.25) is 0 Å². The molecule has 0 unspecified atom stereocenters. The highest BCUT2D eigenvalue weighted by Crippen LogP contribution is 2.28. The van der Waals surface area contributed by atoms with Gasteiger partial charge >= 0.3 is 0 Å². The average Bonchev–Trinajstić information content (AvgIpc) is 3.08. The molecule has 4 heteroatoms. The summed E-state index contributed by atoms with van der Waals surface area (Å²) in [5, 5.41) is 3.82. The number of furan rings is 1. The molecule has 27 heavy (non-hydrogen) atoms. The highest BCUT2D eigenvalue weighted by atomic mass is 16.5. The van der Waals surface area contributed by atoms with Crippen molar-refractivity contribution in [3.8, 4) is 5.75 Å². The maximum absolute atomic E-state index is 12.9. The third-order valence-electron chi connectivity index (χ3n) is 4.42. The van der Waals surface area contributed by atoms with Crippen LogP contribution in [0.1, 0.15) is 21.7 Å². The second kappa shape index (κ2) is 7.38. The smallest absolute Gasteiger partial charge is 0.291 e. The first-order valence-corrected chi connectivity index (χ1v) is 8.77. The van der Waals surface area contributed by atoms with Gasteiger partial charge in [-0.3, -0.25) is 4.79 Å². The normalized spacial score (nSPS) is 10.7. The molecule has 0 fully saturated rings. The van der Waals surface area contributed by atoms with E-state index in [1.54, 1.807) is 0 Å². The molecule has 0 radical (unpaired) electrons. The van der Waals surface area contributed by atoms with E-state index in [1.165, 1.54) is 0 Å². The molecule has 0 aliphatic rings. The van der Waals surface area contributed by atoms with Crippen LogP contribution in [0.15, 0.2) is 83.3 Å². The quantitative estimate of drug-likeness (QED) is 0.508. The van der Waals surface area contributed by atoms with Crippen LogP contribution in [-0.4, -0.2) is 5.91 Å². The van der Waals surface area contributed by atoms with E-state index >= 15 is 0 Å². The van der Waals surface area contributed by atoms with Crippen LogP contribution in [0.4, 0.5) is 5.69 Å². The fraction of sp³-hybridized carbons (Fsp3) is 0.0870. The van der Waals surface area contributed by atoms with E-state index in [9.17, 15) is 4.79 Å². The molecule has 4 aromatic rings. The lowest BCUT2D eigenvalue weighted by Crippen LogP contribution is -2.14. The zero-order valence-corrected chi connectivity index (χ0v) is 14.9. The van der Waals surface area contributed by atoms with Crippen LogP contribution in [0.2, 0.25) is 0 Å². The fourth-order valence-corrected chi connectivity index (χ4v) is 2.99. The summed E-state index contributed by atoms with van der Waals surface area (Å²) in [6, 6.07) is 24.8. The van der Waals surface area contributed by atoms with E-state index in [1.807, 2.05) is 85.8 Å². The molecule has 4 nitrogen and oxygen atoms in total. The number of carbonyl (C=O) groups excluding carboxylic acids is 1. The molecule has 0 spiro atoms. The Balaban J connectivity index is 1.67. The van der Waals surface area contributed by atoms with Crippen LogP contribution < -0.4 is 10.1 Å². The van der Waals surface area contributed by atoms with E-state index < -0.39 is 0 Å². The summed E-state index contributed by atoms with van der Waals surface area (Å²) >= 11 is 0. The minimum atomic E-state index is -0.285. The summed E-state index contributed by atoms with van der Waals surface area (Å²) < 4.78 is 11.8. The van der Waals surface area contributed by atoms with Crippen molar-refractivity contribution in [3.63, 3.8) is 0 Å². The molecule has 1 heterocycles. The lowest BCUT2D eigenvalue weighted by Gasteiger charge is -2.09. The second-order valence-electron chi connectivity index (χ2n) is 6.28. The zero-order chi connectivity index (χ0) is 18.6. The van der Waals surface area contributed by atoms with Crippen LogP contribution in [0.3, 0.4) is 0 Å². The highest BCUT2D eigenvalue weighted by molar-refractivity contribution is 6.06. The number of aryl methyl sites for hydroxylation is 1. The maximum Gasteiger partial charge on any atom is 0.291 e. The SMILES string of the molecule is Cc1ccccc1NC(=O)c1oc2ccccc2c1COc1ccccc1. The molecule has 1 N–H and O–H groups in total. The minimum Gasteiger partial charge on any atom is -0.489 e. The third-order valence-corrected chi connectivity index (χ3v) is 4.42. The van der Waals surface area contributed by atoms with Gasteiger partial charge < -0.3 is 14.5 Å². The van der Waals surface area contributed by atoms with Gasteiger partial charge in [-0.2, -0.15) is 0 Å². The third kappa shape index (κ3) is 3.55. The van der Waals surface area contributed by atoms with Crippen molar-refractivity contribution in [1.29, 1.82) is 0 Å². The number of hydrogen-bond acceptors (Lipinski definition) is 3. The number of carbonyl (C=O) groups is 1. The molecule has 0 bridgehead atoms. The van der Waals surface area contributed by atoms with Crippen LogP contribution in [0, 0.1) is 6.92 Å². The Kier molecular flexibility index (Phi) is 4.62. The van der Waals surface area contributed by atoms with Crippen LogP contribution in [-0.2, 0) is 6.61 Å². The molecule has 4 rings (SSSR count). The molecule has 134 valence electrons. The number of ether oxygens (including phenoxy) is 1. The minimum absolute atomic E-state index is 0.248. The van der Waals surface area contributed by atoms with Crippen molar-refractivity contribution in [1.82, 2.24) is 0 Å². The van der Waals surface area contributed by atoms with Gasteiger partial charge in [0, 0.05) is 16.6 Å². The predicted octanol–water partition coefficient (Wildman–Crippen LogP) is 5.57. The number of anilines is 1. The second-order valence-corrected chi connectivity index (χ2v) is 6.28. The number of hydrogen-bond donors (Lipinski definition) is 1. The zero-order valence-electron chi connectivity index (χ0n) is 14.9. The number of fused-ring (bicyclic) bond motifs is 1. The van der Waals surface area contributed by atoms with E-state index in [-0.39, 0.29) is 18.3 Å². The van der Waals surface area contributed by atoms with Gasteiger partial charge in [-0.25, -0.2) is 0 Å². The highest BCUT2D eigenvalue weighted by Gasteiger charge is 2.21. The molecular formula is C23H19NO3. The summed E-state index contributed by atoms with van der Waals surface area (Å²) in [4.78, 5) is 12.9. The van der Waals surface area contributed by atoms with Crippen LogP contribution in [0.5, 0.6) is 5.75 Å². The first-order valence-electron chi connectivity index (χ1n) is 8.77. The van der Waals surface area contributed by atoms with Gasteiger partial charge in [-0.05, 0) is 36.8 Å². The van der Waals surface area contributed by atoms with Gasteiger partial charge in [-0.15, -0.1) is 0 Å². The molecule has 3 aromatic carbocycles. The molecule has 0 saturated carbocycles. The van der Waals surface area contributed by atoms with Gasteiger partial charge in [0.25, 0.3) is 5.91 Å². The summed E-state index contributed by atoms with van der Waals surface area (Å²) in [5.74, 6) is 0.732. The molecule has 0 atom stereocenters. The Labute approximate surface area is 157 Å².